The lowest BCUT2D eigenvalue weighted by atomic mass is 10.0. The molecule has 1 aromatic carbocycles. The van der Waals surface area contributed by atoms with Gasteiger partial charge in [-0.2, -0.15) is 0 Å². The van der Waals surface area contributed by atoms with Crippen molar-refractivity contribution in [1.29, 1.82) is 0 Å². The molecule has 0 bridgehead atoms. The minimum Gasteiger partial charge on any atom is -0.493 e. The number of rotatable bonds is 10. The molecule has 1 unspecified atom stereocenters. The van der Waals surface area contributed by atoms with Crippen LogP contribution in [0.5, 0.6) is 11.5 Å². The Bertz CT molecular complexity index is 382. The maximum Gasteiger partial charge on any atom is 0.161 e. The van der Waals surface area contributed by atoms with Gasteiger partial charge in [0.2, 0.25) is 0 Å². The fraction of sp³-hybridized carbons (Fsp3) is 0.625. The zero-order chi connectivity index (χ0) is 14.8. The Labute approximate surface area is 122 Å². The smallest absolute Gasteiger partial charge is 0.161 e. The summed E-state index contributed by atoms with van der Waals surface area (Å²) >= 11 is 0. The molecule has 20 heavy (non-hydrogen) atoms. The predicted molar refractivity (Wildman–Crippen MR) is 81.7 cm³/mol. The van der Waals surface area contributed by atoms with Gasteiger partial charge in [0, 0.05) is 19.8 Å². The summed E-state index contributed by atoms with van der Waals surface area (Å²) in [5.74, 6) is 1.55. The summed E-state index contributed by atoms with van der Waals surface area (Å²) in [5.41, 5.74) is 1.23. The molecule has 114 valence electrons. The average Bonchev–Trinajstić information content (AvgIpc) is 2.50. The molecule has 0 saturated carbocycles. The monoisotopic (exact) mass is 281 g/mol. The Morgan fingerprint density at radius 2 is 1.80 bits per heavy atom. The van der Waals surface area contributed by atoms with E-state index in [1.54, 1.807) is 21.3 Å². The fourth-order valence-corrected chi connectivity index (χ4v) is 2.22. The van der Waals surface area contributed by atoms with Gasteiger partial charge in [0.1, 0.15) is 0 Å². The number of methoxy groups -OCH3 is 3. The van der Waals surface area contributed by atoms with Crippen LogP contribution in [-0.2, 0) is 4.74 Å². The number of nitrogens with one attached hydrogen (secondary N) is 1. The summed E-state index contributed by atoms with van der Waals surface area (Å²) in [6.45, 7) is 4.01. The van der Waals surface area contributed by atoms with Crippen molar-refractivity contribution in [2.24, 2.45) is 0 Å². The molecule has 0 amide bonds. The Morgan fingerprint density at radius 3 is 2.40 bits per heavy atom. The second-order valence-electron chi connectivity index (χ2n) is 4.73. The molecule has 0 aromatic heterocycles. The highest BCUT2D eigenvalue weighted by Crippen LogP contribution is 2.30. The highest BCUT2D eigenvalue weighted by atomic mass is 16.5. The molecule has 1 aromatic rings. The third-order valence-corrected chi connectivity index (χ3v) is 3.38. The molecule has 1 N–H and O–H groups in total. The van der Waals surface area contributed by atoms with E-state index < -0.39 is 0 Å². The minimum atomic E-state index is 0.345. The highest BCUT2D eigenvalue weighted by molar-refractivity contribution is 5.43. The summed E-state index contributed by atoms with van der Waals surface area (Å²) in [6, 6.07) is 6.45. The first-order valence-corrected chi connectivity index (χ1v) is 7.21. The second-order valence-corrected chi connectivity index (χ2v) is 4.73. The quantitative estimate of drug-likeness (QED) is 0.669. The van der Waals surface area contributed by atoms with E-state index in [1.807, 2.05) is 6.07 Å². The molecule has 0 spiro atoms. The lowest BCUT2D eigenvalue weighted by Gasteiger charge is -2.19. The van der Waals surface area contributed by atoms with E-state index in [9.17, 15) is 0 Å². The van der Waals surface area contributed by atoms with Gasteiger partial charge in [-0.25, -0.2) is 0 Å². The Kier molecular flexibility index (Phi) is 8.07. The van der Waals surface area contributed by atoms with E-state index in [2.05, 4.69) is 24.4 Å². The number of ether oxygens (including phenoxy) is 3. The first-order valence-electron chi connectivity index (χ1n) is 7.21. The number of unbranched alkanes of at least 4 members (excludes halogenated alkanes) is 1. The van der Waals surface area contributed by atoms with E-state index in [-0.39, 0.29) is 0 Å². The standard InChI is InChI=1S/C16H27NO3/c1-5-14(17-10-6-7-11-18-2)13-8-9-15(19-3)16(12-13)20-4/h8-9,12,14,17H,5-7,10-11H2,1-4H3. The van der Waals surface area contributed by atoms with Crippen LogP contribution in [0.1, 0.15) is 37.8 Å². The Hall–Kier alpha value is -1.26. The summed E-state index contributed by atoms with van der Waals surface area (Å²) in [6.07, 6.45) is 3.25. The van der Waals surface area contributed by atoms with E-state index in [1.165, 1.54) is 5.56 Å². The van der Waals surface area contributed by atoms with Crippen LogP contribution >= 0.6 is 0 Å². The van der Waals surface area contributed by atoms with Crippen molar-refractivity contribution >= 4 is 0 Å². The zero-order valence-corrected chi connectivity index (χ0v) is 13.1. The summed E-state index contributed by atoms with van der Waals surface area (Å²) in [4.78, 5) is 0. The largest absolute Gasteiger partial charge is 0.493 e. The molecular weight excluding hydrogens is 254 g/mol. The van der Waals surface area contributed by atoms with E-state index in [0.717, 1.165) is 43.9 Å². The van der Waals surface area contributed by atoms with Gasteiger partial charge in [0.05, 0.1) is 14.2 Å². The molecule has 4 nitrogen and oxygen atoms in total. The third-order valence-electron chi connectivity index (χ3n) is 3.38. The molecule has 0 aliphatic rings. The van der Waals surface area contributed by atoms with Gasteiger partial charge in [0.15, 0.2) is 11.5 Å². The predicted octanol–water partition coefficient (Wildman–Crippen LogP) is 3.17. The maximum atomic E-state index is 5.36. The van der Waals surface area contributed by atoms with Crippen molar-refractivity contribution in [2.45, 2.75) is 32.2 Å². The molecule has 1 rings (SSSR count). The molecule has 0 aliphatic carbocycles. The van der Waals surface area contributed by atoms with Crippen LogP contribution in [-0.4, -0.2) is 34.5 Å². The molecule has 0 aliphatic heterocycles. The normalized spacial score (nSPS) is 12.2. The first kappa shape index (κ1) is 16.8. The third kappa shape index (κ3) is 5.02. The Balaban J connectivity index is 2.60. The van der Waals surface area contributed by atoms with E-state index >= 15 is 0 Å². The van der Waals surface area contributed by atoms with Gasteiger partial charge >= 0.3 is 0 Å². The van der Waals surface area contributed by atoms with E-state index in [4.69, 9.17) is 14.2 Å². The van der Waals surface area contributed by atoms with Gasteiger partial charge < -0.3 is 19.5 Å². The van der Waals surface area contributed by atoms with Crippen molar-refractivity contribution < 1.29 is 14.2 Å². The number of hydrogen-bond donors (Lipinski definition) is 1. The SMILES string of the molecule is CCC(NCCCCOC)c1ccc(OC)c(OC)c1. The molecule has 0 heterocycles. The maximum absolute atomic E-state index is 5.36. The second kappa shape index (κ2) is 9.61. The van der Waals surface area contributed by atoms with Crippen molar-refractivity contribution in [3.05, 3.63) is 23.8 Å². The van der Waals surface area contributed by atoms with Crippen LogP contribution in [0.3, 0.4) is 0 Å². The lowest BCUT2D eigenvalue weighted by Crippen LogP contribution is -2.22. The number of benzene rings is 1. The molecule has 1 atom stereocenters. The lowest BCUT2D eigenvalue weighted by molar-refractivity contribution is 0.192. The molecule has 0 saturated heterocycles. The van der Waals surface area contributed by atoms with Gasteiger partial charge in [0.25, 0.3) is 0 Å². The molecule has 0 fully saturated rings. The molecular formula is C16H27NO3. The molecule has 0 radical (unpaired) electrons. The Morgan fingerprint density at radius 1 is 1.05 bits per heavy atom. The fourth-order valence-electron chi connectivity index (χ4n) is 2.22. The van der Waals surface area contributed by atoms with Crippen LogP contribution in [0.4, 0.5) is 0 Å². The van der Waals surface area contributed by atoms with Gasteiger partial charge in [-0.05, 0) is 43.5 Å². The highest BCUT2D eigenvalue weighted by Gasteiger charge is 2.12. The molecule has 4 heteroatoms. The van der Waals surface area contributed by atoms with Gasteiger partial charge in [-0.1, -0.05) is 13.0 Å². The van der Waals surface area contributed by atoms with Gasteiger partial charge in [-0.15, -0.1) is 0 Å². The summed E-state index contributed by atoms with van der Waals surface area (Å²) < 4.78 is 15.7. The van der Waals surface area contributed by atoms with Crippen molar-refractivity contribution in [3.63, 3.8) is 0 Å². The van der Waals surface area contributed by atoms with Crippen LogP contribution < -0.4 is 14.8 Å². The van der Waals surface area contributed by atoms with Crippen molar-refractivity contribution in [3.8, 4) is 11.5 Å². The first-order chi connectivity index (χ1) is 9.76. The van der Waals surface area contributed by atoms with Gasteiger partial charge in [-0.3, -0.25) is 0 Å². The summed E-state index contributed by atoms with van der Waals surface area (Å²) in [5, 5.41) is 3.58. The van der Waals surface area contributed by atoms with Crippen LogP contribution in [0.15, 0.2) is 18.2 Å². The zero-order valence-electron chi connectivity index (χ0n) is 13.1. The minimum absolute atomic E-state index is 0.345. The van der Waals surface area contributed by atoms with Crippen LogP contribution in [0, 0.1) is 0 Å². The van der Waals surface area contributed by atoms with Crippen molar-refractivity contribution in [2.75, 3.05) is 34.5 Å². The van der Waals surface area contributed by atoms with Crippen LogP contribution in [0.25, 0.3) is 0 Å². The van der Waals surface area contributed by atoms with Crippen LogP contribution in [0.2, 0.25) is 0 Å². The topological polar surface area (TPSA) is 39.7 Å². The average molecular weight is 281 g/mol. The van der Waals surface area contributed by atoms with E-state index in [0.29, 0.717) is 6.04 Å². The van der Waals surface area contributed by atoms with Crippen molar-refractivity contribution in [1.82, 2.24) is 5.32 Å². The number of hydrogen-bond acceptors (Lipinski definition) is 4. The summed E-state index contributed by atoms with van der Waals surface area (Å²) in [7, 11) is 5.07.